The van der Waals surface area contributed by atoms with Crippen LogP contribution in [0, 0.1) is 11.8 Å². The van der Waals surface area contributed by atoms with E-state index in [9.17, 15) is 38.7 Å². The Morgan fingerprint density at radius 1 is 0.649 bits per heavy atom. The molecule has 1 heterocycles. The van der Waals surface area contributed by atoms with Crippen LogP contribution < -0.4 is 54.8 Å². The molecule has 404 valence electrons. The number of nitrogens with two attached hydrogens (primary N) is 4. The van der Waals surface area contributed by atoms with E-state index in [0.29, 0.717) is 26.1 Å². The summed E-state index contributed by atoms with van der Waals surface area (Å²) in [6, 6.07) is 21.1. The van der Waals surface area contributed by atoms with Crippen molar-refractivity contribution >= 4 is 47.4 Å². The molecule has 0 spiro atoms. The molecule has 20 heteroatoms. The molecule has 10 atom stereocenters. The first kappa shape index (κ1) is 60.1. The zero-order valence-electron chi connectivity index (χ0n) is 43.3. The molecule has 6 amide bonds. The molecule has 0 aliphatic carbocycles. The second kappa shape index (κ2) is 31.3. The maximum absolute atomic E-state index is 14.7. The van der Waals surface area contributed by atoms with Crippen LogP contribution in [-0.4, -0.2) is 145 Å². The Hall–Kier alpha value is -6.42. The van der Waals surface area contributed by atoms with Gasteiger partial charge in [0.05, 0.1) is 30.1 Å². The molecule has 4 rings (SSSR count). The van der Waals surface area contributed by atoms with Crippen LogP contribution >= 0.6 is 0 Å². The number of ketones is 1. The number of likely N-dealkylation sites (tertiary alicyclic amines) is 1. The molecule has 1 fully saturated rings. The largest absolute Gasteiger partial charge is 0.391 e. The minimum Gasteiger partial charge on any atom is -0.391 e. The van der Waals surface area contributed by atoms with Crippen LogP contribution in [0.25, 0.3) is 0 Å². The SMILES string of the molecule is CC(=O)[C@H](CC(C)C)NC(=O)[C@@H](Cc1ccccc1)NC(=O)[C@H](CCN)NC(=O)C(CCNC(=O)[C@@H](N=C[C@H](CCN)NC(=O)[C@@H](N)CCN)[C@@H](C)O)NC(=O)[C@H]1CN(Cc2ccccc2)C[C@@H]1c1ccccc1. The average Bonchev–Trinajstić information content (AvgIpc) is 3.80. The second-order valence-corrected chi connectivity index (χ2v) is 19.5. The van der Waals surface area contributed by atoms with Crippen LogP contribution in [-0.2, 0) is 46.5 Å². The Morgan fingerprint density at radius 2 is 1.19 bits per heavy atom. The highest BCUT2D eigenvalue weighted by Crippen LogP contribution is 2.34. The summed E-state index contributed by atoms with van der Waals surface area (Å²) >= 11 is 0. The number of hydrogen-bond acceptors (Lipinski definition) is 14. The van der Waals surface area contributed by atoms with E-state index >= 15 is 0 Å². The minimum absolute atomic E-state index is 0.0442. The van der Waals surface area contributed by atoms with Crippen molar-refractivity contribution in [1.29, 1.82) is 0 Å². The van der Waals surface area contributed by atoms with E-state index in [1.54, 1.807) is 24.3 Å². The number of carbonyl (C=O) groups is 7. The summed E-state index contributed by atoms with van der Waals surface area (Å²) in [5.74, 6) is -4.68. The van der Waals surface area contributed by atoms with E-state index in [0.717, 1.165) is 16.7 Å². The fourth-order valence-corrected chi connectivity index (χ4v) is 8.83. The van der Waals surface area contributed by atoms with Crippen molar-refractivity contribution < 1.29 is 38.7 Å². The molecule has 0 aromatic heterocycles. The van der Waals surface area contributed by atoms with Gasteiger partial charge in [-0.05, 0) is 88.2 Å². The third kappa shape index (κ3) is 19.8. The highest BCUT2D eigenvalue weighted by atomic mass is 16.3. The van der Waals surface area contributed by atoms with E-state index in [2.05, 4.69) is 41.8 Å². The molecule has 0 bridgehead atoms. The number of rotatable bonds is 31. The summed E-state index contributed by atoms with van der Waals surface area (Å²) in [4.78, 5) is 103. The molecular weight excluding hydrogens is 945 g/mol. The van der Waals surface area contributed by atoms with E-state index in [4.69, 9.17) is 22.9 Å². The molecule has 1 saturated heterocycles. The summed E-state index contributed by atoms with van der Waals surface area (Å²) in [5.41, 5.74) is 26.0. The van der Waals surface area contributed by atoms with Crippen LogP contribution in [0.4, 0.5) is 0 Å². The van der Waals surface area contributed by atoms with E-state index in [1.165, 1.54) is 20.1 Å². The van der Waals surface area contributed by atoms with Crippen molar-refractivity contribution in [2.45, 2.75) is 127 Å². The first-order chi connectivity index (χ1) is 35.4. The van der Waals surface area contributed by atoms with Gasteiger partial charge < -0.3 is 59.9 Å². The molecule has 15 N–H and O–H groups in total. The number of nitrogens with one attached hydrogen (secondary N) is 6. The van der Waals surface area contributed by atoms with Gasteiger partial charge in [0.25, 0.3) is 0 Å². The van der Waals surface area contributed by atoms with E-state index < -0.39 is 89.8 Å². The maximum atomic E-state index is 14.7. The first-order valence-corrected chi connectivity index (χ1v) is 25.7. The van der Waals surface area contributed by atoms with Crippen LogP contribution in [0.5, 0.6) is 0 Å². The number of nitrogens with zero attached hydrogens (tertiary/aromatic N) is 2. The van der Waals surface area contributed by atoms with E-state index in [-0.39, 0.29) is 75.9 Å². The Balaban J connectivity index is 1.61. The Bertz CT molecular complexity index is 2270. The molecule has 3 aromatic carbocycles. The number of amides is 6. The molecule has 0 saturated carbocycles. The lowest BCUT2D eigenvalue weighted by Gasteiger charge is -2.27. The van der Waals surface area contributed by atoms with Gasteiger partial charge in [-0.25, -0.2) is 0 Å². The van der Waals surface area contributed by atoms with Crippen molar-refractivity contribution in [3.63, 3.8) is 0 Å². The lowest BCUT2D eigenvalue weighted by Crippen LogP contribution is -2.59. The summed E-state index contributed by atoms with van der Waals surface area (Å²) in [6.07, 6.45) is 0.773. The Labute approximate surface area is 435 Å². The zero-order valence-corrected chi connectivity index (χ0v) is 43.3. The monoisotopic (exact) mass is 1020 g/mol. The third-order valence-corrected chi connectivity index (χ3v) is 12.9. The predicted octanol–water partition coefficient (Wildman–Crippen LogP) is -0.0958. The maximum Gasteiger partial charge on any atom is 0.247 e. The lowest BCUT2D eigenvalue weighted by atomic mass is 9.88. The number of Topliss-reactive ketones (excluding diaryl/α,β-unsaturated/α-hetero) is 1. The van der Waals surface area contributed by atoms with Crippen LogP contribution in [0.3, 0.4) is 0 Å². The summed E-state index contributed by atoms with van der Waals surface area (Å²) < 4.78 is 0. The smallest absolute Gasteiger partial charge is 0.247 e. The van der Waals surface area contributed by atoms with Gasteiger partial charge in [0.2, 0.25) is 35.4 Å². The van der Waals surface area contributed by atoms with Gasteiger partial charge in [0.15, 0.2) is 11.8 Å². The second-order valence-electron chi connectivity index (χ2n) is 19.5. The van der Waals surface area contributed by atoms with Crippen molar-refractivity contribution in [2.24, 2.45) is 39.8 Å². The Kier molecular flexibility index (Phi) is 25.5. The lowest BCUT2D eigenvalue weighted by molar-refractivity contribution is -0.135. The van der Waals surface area contributed by atoms with Crippen LogP contribution in [0.1, 0.15) is 82.4 Å². The third-order valence-electron chi connectivity index (χ3n) is 12.9. The first-order valence-electron chi connectivity index (χ1n) is 25.7. The van der Waals surface area contributed by atoms with Crippen LogP contribution in [0.15, 0.2) is 96.0 Å². The number of aliphatic imine (C=N–C) groups is 1. The molecule has 74 heavy (non-hydrogen) atoms. The number of hydrogen-bond donors (Lipinski definition) is 11. The standard InChI is InChI=1S/C54H80N12O8/c1-34(2)28-46(35(3)67)64-53(73)47(29-37-14-8-5-9-15-37)65-51(71)44(22-26-57)63-52(72)45(23-27-59-54(74)48(36(4)68)60-30-40(20-24-55)61-50(70)43(58)21-25-56)62-49(69)42-33-66(31-38-16-10-6-11-17-38)32-41(42)39-18-12-7-13-19-39/h5-19,30,34,36,40-48,68H,20-29,31-33,55-58H2,1-4H3,(H,59,74)(H,61,70)(H,62,69)(H,63,72)(H,64,73)(H,65,71)/t36-,40+,41-,42+,43+,44+,45?,46+,47-,48+/m1/s1. The van der Waals surface area contributed by atoms with Crippen molar-refractivity contribution in [1.82, 2.24) is 36.8 Å². The summed E-state index contributed by atoms with van der Waals surface area (Å²) in [7, 11) is 0. The average molecular weight is 1030 g/mol. The van der Waals surface area contributed by atoms with Crippen LogP contribution in [0.2, 0.25) is 0 Å². The van der Waals surface area contributed by atoms with Gasteiger partial charge in [-0.15, -0.1) is 0 Å². The molecule has 1 aliphatic rings. The molecule has 3 aromatic rings. The molecule has 1 aliphatic heterocycles. The number of aliphatic hydroxyl groups excluding tert-OH is 1. The van der Waals surface area contributed by atoms with Gasteiger partial charge in [0, 0.05) is 44.7 Å². The van der Waals surface area contributed by atoms with Crippen molar-refractivity contribution in [3.8, 4) is 0 Å². The quantitative estimate of drug-likeness (QED) is 0.0376. The molecular formula is C54H80N12O8. The topological polar surface area (TPSA) is 332 Å². The van der Waals surface area contributed by atoms with Gasteiger partial charge in [-0.2, -0.15) is 0 Å². The number of aliphatic hydroxyl groups is 1. The minimum atomic E-state index is -1.35. The molecule has 20 nitrogen and oxygen atoms in total. The predicted molar refractivity (Wildman–Crippen MR) is 285 cm³/mol. The normalized spacial score (nSPS) is 18.0. The number of carbonyl (C=O) groups excluding carboxylic acids is 7. The Morgan fingerprint density at radius 3 is 1.76 bits per heavy atom. The fraction of sp³-hybridized carbons (Fsp3) is 0.519. The van der Waals surface area contributed by atoms with E-state index in [1.807, 2.05) is 80.6 Å². The summed E-state index contributed by atoms with van der Waals surface area (Å²) in [6.45, 7) is 8.28. The molecule has 1 unspecified atom stereocenters. The fourth-order valence-electron chi connectivity index (χ4n) is 8.83. The van der Waals surface area contributed by atoms with Crippen molar-refractivity contribution in [2.75, 3.05) is 39.3 Å². The van der Waals surface area contributed by atoms with Gasteiger partial charge >= 0.3 is 0 Å². The van der Waals surface area contributed by atoms with Crippen molar-refractivity contribution in [3.05, 3.63) is 108 Å². The number of benzene rings is 3. The molecule has 0 radical (unpaired) electrons. The van der Waals surface area contributed by atoms with Gasteiger partial charge in [-0.1, -0.05) is 105 Å². The van der Waals surface area contributed by atoms with Gasteiger partial charge in [-0.3, -0.25) is 43.5 Å². The highest BCUT2D eigenvalue weighted by Gasteiger charge is 2.40. The zero-order chi connectivity index (χ0) is 54.2. The highest BCUT2D eigenvalue weighted by molar-refractivity contribution is 5.96. The van der Waals surface area contributed by atoms with Gasteiger partial charge in [0.1, 0.15) is 18.1 Å². The summed E-state index contributed by atoms with van der Waals surface area (Å²) in [5, 5.41) is 27.5.